The van der Waals surface area contributed by atoms with E-state index in [9.17, 15) is 9.59 Å². The van der Waals surface area contributed by atoms with Crippen LogP contribution in [-0.2, 0) is 4.74 Å². The van der Waals surface area contributed by atoms with Crippen molar-refractivity contribution < 1.29 is 14.3 Å². The number of likely N-dealkylation sites (tertiary alicyclic amines) is 1. The van der Waals surface area contributed by atoms with E-state index in [4.69, 9.17) is 10.5 Å². The molecule has 24 heavy (non-hydrogen) atoms. The number of amides is 3. The number of hydrogen-bond donors (Lipinski definition) is 1. The molecule has 9 heteroatoms. The van der Waals surface area contributed by atoms with Crippen LogP contribution in [0, 0.1) is 0 Å². The number of nitrogens with two attached hydrogens (primary N) is 1. The highest BCUT2D eigenvalue weighted by molar-refractivity contribution is 9.10. The highest BCUT2D eigenvalue weighted by Gasteiger charge is 2.33. The average molecular weight is 400 g/mol. The Balaban J connectivity index is 2.16. The number of hydrogen-bond acceptors (Lipinski definition) is 5. The minimum atomic E-state index is -0.626. The van der Waals surface area contributed by atoms with Crippen molar-refractivity contribution in [3.8, 4) is 0 Å². The number of rotatable bonds is 2. The highest BCUT2D eigenvalue weighted by atomic mass is 79.9. The van der Waals surface area contributed by atoms with Crippen LogP contribution in [0.1, 0.15) is 33.6 Å². The van der Waals surface area contributed by atoms with Crippen LogP contribution in [-0.4, -0.2) is 51.7 Å². The summed E-state index contributed by atoms with van der Waals surface area (Å²) in [4.78, 5) is 35.5. The lowest BCUT2D eigenvalue weighted by atomic mass is 10.0. The molecule has 0 aliphatic carbocycles. The molecular formula is C15H22BrN5O3. The second kappa shape index (κ2) is 7.33. The van der Waals surface area contributed by atoms with Crippen molar-refractivity contribution in [3.63, 3.8) is 0 Å². The maximum atomic E-state index is 12.3. The van der Waals surface area contributed by atoms with Crippen molar-refractivity contribution in [3.05, 3.63) is 17.0 Å². The minimum absolute atomic E-state index is 0.271. The minimum Gasteiger partial charge on any atom is -0.444 e. The largest absolute Gasteiger partial charge is 0.444 e. The van der Waals surface area contributed by atoms with Gasteiger partial charge >= 0.3 is 12.1 Å². The molecule has 2 N–H and O–H groups in total. The number of carbonyl (C=O) groups is 2. The van der Waals surface area contributed by atoms with Gasteiger partial charge in [0.25, 0.3) is 0 Å². The Kier molecular flexibility index (Phi) is 5.63. The van der Waals surface area contributed by atoms with Gasteiger partial charge in [0.05, 0.1) is 18.4 Å². The van der Waals surface area contributed by atoms with Gasteiger partial charge in [0.1, 0.15) is 10.2 Å². The Labute approximate surface area is 149 Å². The summed E-state index contributed by atoms with van der Waals surface area (Å²) in [7, 11) is 0. The predicted octanol–water partition coefficient (Wildman–Crippen LogP) is 2.52. The van der Waals surface area contributed by atoms with Crippen molar-refractivity contribution in [2.45, 2.75) is 45.3 Å². The Bertz CT molecular complexity index is 619. The number of primary amides is 1. The van der Waals surface area contributed by atoms with E-state index >= 15 is 0 Å². The van der Waals surface area contributed by atoms with Crippen LogP contribution in [0.15, 0.2) is 17.0 Å². The Morgan fingerprint density at radius 1 is 1.42 bits per heavy atom. The van der Waals surface area contributed by atoms with Crippen LogP contribution in [0.3, 0.4) is 0 Å². The molecule has 2 rings (SSSR count). The fraction of sp³-hybridized carbons (Fsp3) is 0.600. The average Bonchev–Trinajstić information content (AvgIpc) is 2.45. The molecule has 1 saturated heterocycles. The quantitative estimate of drug-likeness (QED) is 0.822. The van der Waals surface area contributed by atoms with E-state index in [-0.39, 0.29) is 6.04 Å². The van der Waals surface area contributed by atoms with E-state index in [2.05, 4.69) is 25.9 Å². The van der Waals surface area contributed by atoms with Crippen molar-refractivity contribution >= 4 is 33.9 Å². The third kappa shape index (κ3) is 4.80. The summed E-state index contributed by atoms with van der Waals surface area (Å²) in [6.45, 7) is 6.38. The Morgan fingerprint density at radius 2 is 2.12 bits per heavy atom. The number of halogens is 1. The fourth-order valence-corrected chi connectivity index (χ4v) is 2.89. The molecule has 8 nitrogen and oxygen atoms in total. The lowest BCUT2D eigenvalue weighted by molar-refractivity contribution is 0.0199. The lowest BCUT2D eigenvalue weighted by Gasteiger charge is -2.38. The zero-order chi connectivity index (χ0) is 17.9. The SMILES string of the molecule is CC(C)(C)OC(=O)N1CCC[C@H](N(C(N)=O)c2cncc(Br)n2)C1. The number of nitrogens with zero attached hydrogens (tertiary/aromatic N) is 4. The molecule has 0 spiro atoms. The molecule has 2 heterocycles. The third-order valence-electron chi connectivity index (χ3n) is 3.49. The molecule has 1 aliphatic rings. The number of urea groups is 1. The van der Waals surface area contributed by atoms with Crippen LogP contribution in [0.5, 0.6) is 0 Å². The van der Waals surface area contributed by atoms with Crippen LogP contribution in [0.4, 0.5) is 15.4 Å². The molecule has 0 bridgehead atoms. The number of carbonyl (C=O) groups excluding carboxylic acids is 2. The molecule has 1 aromatic heterocycles. The van der Waals surface area contributed by atoms with Crippen molar-refractivity contribution in [2.24, 2.45) is 5.73 Å². The van der Waals surface area contributed by atoms with Gasteiger partial charge in [0, 0.05) is 13.1 Å². The van der Waals surface area contributed by atoms with Crippen molar-refractivity contribution in [1.82, 2.24) is 14.9 Å². The third-order valence-corrected chi connectivity index (χ3v) is 3.87. The van der Waals surface area contributed by atoms with E-state index in [0.717, 1.165) is 12.8 Å². The summed E-state index contributed by atoms with van der Waals surface area (Å²) in [6, 6.07) is -0.897. The molecule has 0 unspecified atom stereocenters. The van der Waals surface area contributed by atoms with Gasteiger partial charge in [-0.15, -0.1) is 0 Å². The van der Waals surface area contributed by atoms with Crippen molar-refractivity contribution in [2.75, 3.05) is 18.0 Å². The lowest BCUT2D eigenvalue weighted by Crippen LogP contribution is -2.54. The first-order chi connectivity index (χ1) is 11.2. The first-order valence-electron chi connectivity index (χ1n) is 7.71. The zero-order valence-corrected chi connectivity index (χ0v) is 15.6. The van der Waals surface area contributed by atoms with Crippen LogP contribution in [0.2, 0.25) is 0 Å². The van der Waals surface area contributed by atoms with E-state index < -0.39 is 17.7 Å². The normalized spacial score (nSPS) is 18.2. The summed E-state index contributed by atoms with van der Waals surface area (Å²) in [5.41, 5.74) is 4.98. The number of aromatic nitrogens is 2. The van der Waals surface area contributed by atoms with Gasteiger partial charge in [0.2, 0.25) is 0 Å². The molecule has 132 valence electrons. The van der Waals surface area contributed by atoms with E-state index in [1.807, 2.05) is 20.8 Å². The summed E-state index contributed by atoms with van der Waals surface area (Å²) >= 11 is 3.23. The van der Waals surface area contributed by atoms with Gasteiger partial charge in [-0.05, 0) is 49.5 Å². The number of ether oxygens (including phenoxy) is 1. The second-order valence-electron chi connectivity index (χ2n) is 6.63. The molecule has 1 atom stereocenters. The van der Waals surface area contributed by atoms with Crippen molar-refractivity contribution in [1.29, 1.82) is 0 Å². The smallest absolute Gasteiger partial charge is 0.410 e. The van der Waals surface area contributed by atoms with Gasteiger partial charge in [0.15, 0.2) is 5.82 Å². The molecule has 3 amide bonds. The summed E-state index contributed by atoms with van der Waals surface area (Å²) < 4.78 is 5.91. The number of anilines is 1. The molecular weight excluding hydrogens is 378 g/mol. The van der Waals surface area contributed by atoms with Crippen LogP contribution < -0.4 is 10.6 Å². The zero-order valence-electron chi connectivity index (χ0n) is 14.0. The summed E-state index contributed by atoms with van der Waals surface area (Å²) in [5, 5.41) is 0. The Morgan fingerprint density at radius 3 is 2.71 bits per heavy atom. The molecule has 1 aromatic rings. The van der Waals surface area contributed by atoms with Crippen LogP contribution in [0.25, 0.3) is 0 Å². The second-order valence-corrected chi connectivity index (χ2v) is 7.44. The Hall–Kier alpha value is -1.90. The van der Waals surface area contributed by atoms with Crippen LogP contribution >= 0.6 is 15.9 Å². The molecule has 0 aromatic carbocycles. The molecule has 0 radical (unpaired) electrons. The molecule has 1 aliphatic heterocycles. The van der Waals surface area contributed by atoms with Gasteiger partial charge in [-0.2, -0.15) is 0 Å². The monoisotopic (exact) mass is 399 g/mol. The van der Waals surface area contributed by atoms with E-state index in [1.165, 1.54) is 17.3 Å². The van der Waals surface area contributed by atoms with Gasteiger partial charge in [-0.3, -0.25) is 9.88 Å². The summed E-state index contributed by atoms with van der Waals surface area (Å²) in [5.74, 6) is 0.355. The molecule has 0 saturated carbocycles. The maximum Gasteiger partial charge on any atom is 0.410 e. The fourth-order valence-electron chi connectivity index (χ4n) is 2.59. The standard InChI is InChI=1S/C15H22BrN5O3/c1-15(2,3)24-14(23)20-6-4-5-10(9-20)21(13(17)22)12-8-18-7-11(16)19-12/h7-8,10H,4-6,9H2,1-3H3,(H2,17,22)/t10-/m0/s1. The number of piperidine rings is 1. The first-order valence-corrected chi connectivity index (χ1v) is 8.51. The predicted molar refractivity (Wildman–Crippen MR) is 92.6 cm³/mol. The van der Waals surface area contributed by atoms with Gasteiger partial charge in [-0.1, -0.05) is 0 Å². The van der Waals surface area contributed by atoms with Gasteiger partial charge in [-0.25, -0.2) is 14.6 Å². The van der Waals surface area contributed by atoms with Gasteiger partial charge < -0.3 is 15.4 Å². The molecule has 1 fully saturated rings. The van der Waals surface area contributed by atoms with E-state index in [0.29, 0.717) is 23.5 Å². The maximum absolute atomic E-state index is 12.3. The highest BCUT2D eigenvalue weighted by Crippen LogP contribution is 2.23. The van der Waals surface area contributed by atoms with E-state index in [1.54, 1.807) is 4.90 Å². The summed E-state index contributed by atoms with van der Waals surface area (Å²) in [6.07, 6.45) is 4.07. The first kappa shape index (κ1) is 18.4. The topological polar surface area (TPSA) is 102 Å².